The summed E-state index contributed by atoms with van der Waals surface area (Å²) in [7, 11) is 0. The first-order valence-electron chi connectivity index (χ1n) is 15.0. The van der Waals surface area contributed by atoms with Crippen LogP contribution in [0.2, 0.25) is 0 Å². The van der Waals surface area contributed by atoms with Crippen LogP contribution in [0.1, 0.15) is 91.0 Å². The van der Waals surface area contributed by atoms with Crippen molar-refractivity contribution in [3.63, 3.8) is 0 Å². The average Bonchev–Trinajstić information content (AvgIpc) is 3.45. The molecule has 3 fully saturated rings. The van der Waals surface area contributed by atoms with Gasteiger partial charge in [-0.15, -0.1) is 11.3 Å². The third-order valence-corrected chi connectivity index (χ3v) is 12.7. The van der Waals surface area contributed by atoms with Crippen molar-refractivity contribution in [2.45, 2.75) is 92.2 Å². The van der Waals surface area contributed by atoms with Crippen LogP contribution in [0.5, 0.6) is 0 Å². The Labute approximate surface area is 251 Å². The maximum absolute atomic E-state index is 13.4. The van der Waals surface area contributed by atoms with Crippen LogP contribution in [-0.4, -0.2) is 23.8 Å². The van der Waals surface area contributed by atoms with Crippen molar-refractivity contribution >= 4 is 44.9 Å². The van der Waals surface area contributed by atoms with Gasteiger partial charge in [0.15, 0.2) is 5.78 Å². The van der Waals surface area contributed by atoms with E-state index in [1.165, 1.54) is 11.8 Å². The fourth-order valence-electron chi connectivity index (χ4n) is 9.18. The Morgan fingerprint density at radius 3 is 2.55 bits per heavy atom. The largest absolute Gasteiger partial charge is 0.462 e. The minimum Gasteiger partial charge on any atom is -0.462 e. The molecular weight excluding hydrogens is 586 g/mol. The monoisotopic (exact) mass is 629 g/mol. The molecule has 0 saturated heterocycles. The zero-order chi connectivity index (χ0) is 29.0. The van der Waals surface area contributed by atoms with Gasteiger partial charge in [0.25, 0.3) is 0 Å². The number of nitrogens with one attached hydrogen (secondary N) is 1. The molecule has 1 amide bonds. The van der Waals surface area contributed by atoms with E-state index in [2.05, 4.69) is 74.1 Å². The van der Waals surface area contributed by atoms with E-state index >= 15 is 0 Å². The van der Waals surface area contributed by atoms with Gasteiger partial charge in [0.05, 0.1) is 9.83 Å². The molecule has 0 aromatic carbocycles. The summed E-state index contributed by atoms with van der Waals surface area (Å²) in [6, 6.07) is 4.17. The van der Waals surface area contributed by atoms with E-state index in [1.807, 2.05) is 0 Å². The molecule has 1 N–H and O–H groups in total. The molecule has 5 rings (SSSR count). The fourth-order valence-corrected chi connectivity index (χ4v) is 10.8. The van der Waals surface area contributed by atoms with E-state index in [9.17, 15) is 14.4 Å². The molecule has 2 unspecified atom stereocenters. The number of esters is 1. The molecule has 0 spiro atoms. The predicted octanol–water partition coefficient (Wildman–Crippen LogP) is 7.82. The molecule has 218 valence electrons. The number of rotatable bonds is 7. The molecule has 9 atom stereocenters. The maximum Gasteiger partial charge on any atom is 0.302 e. The normalized spacial score (nSPS) is 36.2. The number of carbonyl (C=O) groups is 3. The zero-order valence-corrected chi connectivity index (χ0v) is 27.1. The van der Waals surface area contributed by atoms with Crippen LogP contribution < -0.4 is 5.32 Å². The first-order chi connectivity index (χ1) is 18.8. The number of allylic oxidation sites excluding steroid dienone is 3. The Morgan fingerprint density at radius 1 is 1.15 bits per heavy atom. The van der Waals surface area contributed by atoms with Crippen molar-refractivity contribution in [2.75, 3.05) is 0 Å². The van der Waals surface area contributed by atoms with Gasteiger partial charge >= 0.3 is 5.97 Å². The van der Waals surface area contributed by atoms with E-state index in [0.29, 0.717) is 36.5 Å². The summed E-state index contributed by atoms with van der Waals surface area (Å²) in [6.07, 6.45) is 11.0. The van der Waals surface area contributed by atoms with E-state index < -0.39 is 0 Å². The number of thiophene rings is 1. The Morgan fingerprint density at radius 2 is 1.90 bits per heavy atom. The smallest absolute Gasteiger partial charge is 0.302 e. The number of hydrogen-bond acceptors (Lipinski definition) is 5. The summed E-state index contributed by atoms with van der Waals surface area (Å²) in [6.45, 7) is 12.8. The van der Waals surface area contributed by atoms with Crippen LogP contribution in [0.25, 0.3) is 0 Å². The molecule has 4 aliphatic rings. The summed E-state index contributed by atoms with van der Waals surface area (Å²) >= 11 is 5.25. The molecule has 0 radical (unpaired) electrons. The van der Waals surface area contributed by atoms with Gasteiger partial charge in [-0.1, -0.05) is 46.3 Å². The van der Waals surface area contributed by atoms with E-state index in [0.717, 1.165) is 35.0 Å². The van der Waals surface area contributed by atoms with Crippen LogP contribution in [0.4, 0.5) is 0 Å². The second-order valence-electron chi connectivity index (χ2n) is 13.7. The number of ether oxygens (including phenoxy) is 1. The highest BCUT2D eigenvalue weighted by molar-refractivity contribution is 9.11. The van der Waals surface area contributed by atoms with Gasteiger partial charge in [0.2, 0.25) is 5.91 Å². The highest BCUT2D eigenvalue weighted by Gasteiger charge is 2.62. The van der Waals surface area contributed by atoms with Crippen LogP contribution in [0, 0.1) is 46.3 Å². The van der Waals surface area contributed by atoms with Gasteiger partial charge in [-0.3, -0.25) is 14.4 Å². The third-order valence-electron chi connectivity index (χ3n) is 11.0. The van der Waals surface area contributed by atoms with Gasteiger partial charge < -0.3 is 10.1 Å². The van der Waals surface area contributed by atoms with Crippen LogP contribution in [0.15, 0.2) is 39.7 Å². The van der Waals surface area contributed by atoms with E-state index in [1.54, 1.807) is 23.5 Å². The second-order valence-corrected chi connectivity index (χ2v) is 16.2. The highest BCUT2D eigenvalue weighted by atomic mass is 79.9. The fraction of sp³-hybridized carbons (Fsp3) is 0.667. The minimum absolute atomic E-state index is 0.0171. The lowest BCUT2D eigenvalue weighted by Gasteiger charge is -2.59. The lowest BCUT2D eigenvalue weighted by atomic mass is 9.46. The minimum atomic E-state index is -0.241. The molecular formula is C33H44BrNO4S. The van der Waals surface area contributed by atoms with Crippen LogP contribution >= 0.6 is 27.3 Å². The molecule has 1 aromatic heterocycles. The molecule has 7 heteroatoms. The SMILES string of the molecule is CC(=O)O[C@@H]1CC2=CC(=O)C=C[C@]2(C)[C@H]2CC[C@]3(C)C([C@H](C)CC(=O)NC(c4ccc(Br)s4)C(C)C)CC[C@H]3[C@H]12. The van der Waals surface area contributed by atoms with Crippen LogP contribution in [0.3, 0.4) is 0 Å². The summed E-state index contributed by atoms with van der Waals surface area (Å²) in [5, 5.41) is 3.35. The summed E-state index contributed by atoms with van der Waals surface area (Å²) in [5.41, 5.74) is 1.05. The Hall–Kier alpha value is -1.73. The number of amides is 1. The molecule has 1 aromatic rings. The van der Waals surface area contributed by atoms with Gasteiger partial charge in [0, 0.05) is 36.0 Å². The van der Waals surface area contributed by atoms with Crippen molar-refractivity contribution in [1.29, 1.82) is 0 Å². The lowest BCUT2D eigenvalue weighted by Crippen LogP contribution is -2.55. The highest BCUT2D eigenvalue weighted by Crippen LogP contribution is 2.67. The third kappa shape index (κ3) is 5.30. The van der Waals surface area contributed by atoms with Gasteiger partial charge in [-0.25, -0.2) is 0 Å². The van der Waals surface area contributed by atoms with Gasteiger partial charge in [0.1, 0.15) is 6.10 Å². The average molecular weight is 631 g/mol. The lowest BCUT2D eigenvalue weighted by molar-refractivity contribution is -0.163. The Balaban J connectivity index is 1.34. The van der Waals surface area contributed by atoms with E-state index in [-0.39, 0.29) is 52.5 Å². The predicted molar refractivity (Wildman–Crippen MR) is 163 cm³/mol. The van der Waals surface area contributed by atoms with Gasteiger partial charge in [-0.05, 0) is 101 Å². The molecule has 4 aliphatic carbocycles. The van der Waals surface area contributed by atoms with Crippen molar-refractivity contribution in [3.8, 4) is 0 Å². The molecule has 0 bridgehead atoms. The summed E-state index contributed by atoms with van der Waals surface area (Å²) in [5.74, 6) is 1.98. The number of halogens is 1. The second kappa shape index (κ2) is 11.2. The van der Waals surface area contributed by atoms with Crippen molar-refractivity contribution < 1.29 is 19.1 Å². The number of fused-ring (bicyclic) bond motifs is 5. The zero-order valence-electron chi connectivity index (χ0n) is 24.7. The molecule has 5 nitrogen and oxygen atoms in total. The first-order valence-corrected chi connectivity index (χ1v) is 16.6. The summed E-state index contributed by atoms with van der Waals surface area (Å²) < 4.78 is 7.11. The number of carbonyl (C=O) groups excluding carboxylic acids is 3. The van der Waals surface area contributed by atoms with E-state index in [4.69, 9.17) is 4.74 Å². The summed E-state index contributed by atoms with van der Waals surface area (Å²) in [4.78, 5) is 39.1. The Bertz CT molecular complexity index is 1230. The molecule has 0 aliphatic heterocycles. The molecule has 3 saturated carbocycles. The molecule has 40 heavy (non-hydrogen) atoms. The maximum atomic E-state index is 13.4. The Kier molecular flexibility index (Phi) is 8.30. The number of ketones is 1. The van der Waals surface area contributed by atoms with Crippen LogP contribution in [-0.2, 0) is 19.1 Å². The van der Waals surface area contributed by atoms with Crippen molar-refractivity contribution in [2.24, 2.45) is 46.3 Å². The topological polar surface area (TPSA) is 72.5 Å². The standard InChI is InChI=1S/C33H44BrNO4S/c1-18(2)31(27-9-10-28(34)40-27)35-29(38)15-19(3)23-7-8-24-30-25(12-14-33(23,24)6)32(5)13-11-22(37)16-21(32)17-26(30)39-20(4)36/h9-11,13,16,18-19,23-26,30-31H,7-8,12,14-15,17H2,1-6H3,(H,35,38)/t19-,23?,24+,25+,26-,30+,31?,32+,33-/m1/s1. The number of hydrogen-bond donors (Lipinski definition) is 1. The quantitative estimate of drug-likeness (QED) is 0.312. The van der Waals surface area contributed by atoms with Crippen molar-refractivity contribution in [1.82, 2.24) is 5.32 Å². The van der Waals surface area contributed by atoms with Crippen molar-refractivity contribution in [3.05, 3.63) is 44.6 Å². The first kappa shape index (κ1) is 29.8. The molecule has 1 heterocycles. The van der Waals surface area contributed by atoms with Gasteiger partial charge in [-0.2, -0.15) is 0 Å².